The van der Waals surface area contributed by atoms with E-state index in [2.05, 4.69) is 9.97 Å². The average molecular weight is 252 g/mol. The standard InChI is InChI=1S/C10H12N4O4/c1-4-11-5-6(12-9(18)13-7(5)15)14(4)10(2,3)8(16)17/h1-3H3,(H,16,17)(H2,12,13,15,18). The Labute approximate surface area is 100 Å². The molecule has 0 aliphatic carbocycles. The minimum Gasteiger partial charge on any atom is -0.480 e. The number of hydrogen-bond donors (Lipinski definition) is 3. The Morgan fingerprint density at radius 3 is 2.50 bits per heavy atom. The molecule has 2 heterocycles. The SMILES string of the molecule is Cc1nc2c(=O)[nH]c(=O)[nH]c2n1C(C)(C)C(=O)O. The van der Waals surface area contributed by atoms with Gasteiger partial charge < -0.3 is 5.11 Å². The molecular weight excluding hydrogens is 240 g/mol. The number of aryl methyl sites for hydroxylation is 1. The maximum atomic E-state index is 11.6. The number of aromatic nitrogens is 4. The third kappa shape index (κ3) is 1.53. The number of carbonyl (C=O) groups is 1. The van der Waals surface area contributed by atoms with Gasteiger partial charge in [0.25, 0.3) is 5.56 Å². The molecule has 3 N–H and O–H groups in total. The summed E-state index contributed by atoms with van der Waals surface area (Å²) in [4.78, 5) is 42.5. The molecule has 0 amide bonds. The molecule has 2 rings (SSSR count). The largest absolute Gasteiger partial charge is 0.480 e. The number of hydrogen-bond acceptors (Lipinski definition) is 4. The third-order valence-corrected chi connectivity index (χ3v) is 2.80. The van der Waals surface area contributed by atoms with E-state index in [-0.39, 0.29) is 11.2 Å². The van der Waals surface area contributed by atoms with Gasteiger partial charge in [-0.2, -0.15) is 0 Å². The van der Waals surface area contributed by atoms with Crippen LogP contribution in [0.2, 0.25) is 0 Å². The van der Waals surface area contributed by atoms with Crippen molar-refractivity contribution in [2.45, 2.75) is 26.3 Å². The summed E-state index contributed by atoms with van der Waals surface area (Å²) >= 11 is 0. The van der Waals surface area contributed by atoms with Crippen LogP contribution < -0.4 is 11.2 Å². The zero-order chi connectivity index (χ0) is 13.7. The fourth-order valence-corrected chi connectivity index (χ4v) is 1.89. The van der Waals surface area contributed by atoms with Gasteiger partial charge in [-0.15, -0.1) is 0 Å². The van der Waals surface area contributed by atoms with E-state index in [0.717, 1.165) is 0 Å². The van der Waals surface area contributed by atoms with Gasteiger partial charge in [0.2, 0.25) is 0 Å². The molecule has 96 valence electrons. The molecule has 0 aliphatic heterocycles. The lowest BCUT2D eigenvalue weighted by Crippen LogP contribution is -2.37. The van der Waals surface area contributed by atoms with Crippen molar-refractivity contribution in [1.29, 1.82) is 0 Å². The van der Waals surface area contributed by atoms with Gasteiger partial charge in [-0.05, 0) is 20.8 Å². The minimum atomic E-state index is -1.32. The van der Waals surface area contributed by atoms with Crippen molar-refractivity contribution in [2.75, 3.05) is 0 Å². The highest BCUT2D eigenvalue weighted by Crippen LogP contribution is 2.22. The highest BCUT2D eigenvalue weighted by molar-refractivity contribution is 5.80. The summed E-state index contributed by atoms with van der Waals surface area (Å²) in [5.74, 6) is -0.754. The van der Waals surface area contributed by atoms with Crippen molar-refractivity contribution < 1.29 is 9.90 Å². The molecule has 0 saturated carbocycles. The lowest BCUT2D eigenvalue weighted by molar-refractivity contribution is -0.145. The zero-order valence-corrected chi connectivity index (χ0v) is 10.1. The van der Waals surface area contributed by atoms with Gasteiger partial charge in [0.05, 0.1) is 0 Å². The summed E-state index contributed by atoms with van der Waals surface area (Å²) in [7, 11) is 0. The molecule has 0 aliphatic rings. The van der Waals surface area contributed by atoms with E-state index >= 15 is 0 Å². The molecule has 2 aromatic rings. The number of fused-ring (bicyclic) bond motifs is 1. The van der Waals surface area contributed by atoms with E-state index in [0.29, 0.717) is 5.82 Å². The van der Waals surface area contributed by atoms with Crippen molar-refractivity contribution >= 4 is 17.1 Å². The van der Waals surface area contributed by atoms with E-state index in [9.17, 15) is 19.5 Å². The summed E-state index contributed by atoms with van der Waals surface area (Å²) in [6.45, 7) is 4.49. The monoisotopic (exact) mass is 252 g/mol. The maximum absolute atomic E-state index is 11.6. The Balaban J connectivity index is 2.96. The summed E-state index contributed by atoms with van der Waals surface area (Å²) in [6.07, 6.45) is 0. The Morgan fingerprint density at radius 1 is 1.33 bits per heavy atom. The smallest absolute Gasteiger partial charge is 0.329 e. The number of carboxylic acid groups (broad SMARTS) is 1. The van der Waals surface area contributed by atoms with E-state index < -0.39 is 22.8 Å². The van der Waals surface area contributed by atoms with Crippen molar-refractivity contribution in [1.82, 2.24) is 19.5 Å². The topological polar surface area (TPSA) is 121 Å². The Bertz CT molecular complexity index is 749. The molecule has 0 bridgehead atoms. The van der Waals surface area contributed by atoms with Gasteiger partial charge in [0.1, 0.15) is 17.0 Å². The number of carboxylic acids is 1. The molecule has 0 radical (unpaired) electrons. The number of imidazole rings is 1. The summed E-state index contributed by atoms with van der Waals surface area (Å²) in [6, 6.07) is 0. The molecule has 0 spiro atoms. The summed E-state index contributed by atoms with van der Waals surface area (Å²) < 4.78 is 1.32. The van der Waals surface area contributed by atoms with Crippen molar-refractivity contribution in [3.63, 3.8) is 0 Å². The molecule has 2 aromatic heterocycles. The first-order chi connectivity index (χ1) is 8.25. The van der Waals surface area contributed by atoms with E-state index in [1.807, 2.05) is 4.98 Å². The van der Waals surface area contributed by atoms with Crippen LogP contribution in [0.5, 0.6) is 0 Å². The van der Waals surface area contributed by atoms with E-state index in [1.165, 1.54) is 18.4 Å². The second-order valence-electron chi connectivity index (χ2n) is 4.46. The molecule has 8 heteroatoms. The normalized spacial score (nSPS) is 11.9. The van der Waals surface area contributed by atoms with Gasteiger partial charge in [-0.1, -0.05) is 0 Å². The number of nitrogens with zero attached hydrogens (tertiary/aromatic N) is 2. The minimum absolute atomic E-state index is 0.0152. The second-order valence-corrected chi connectivity index (χ2v) is 4.46. The van der Waals surface area contributed by atoms with Crippen LogP contribution in [-0.4, -0.2) is 30.6 Å². The second kappa shape index (κ2) is 3.56. The molecular formula is C10H12N4O4. The number of rotatable bonds is 2. The van der Waals surface area contributed by atoms with Crippen LogP contribution >= 0.6 is 0 Å². The van der Waals surface area contributed by atoms with Crippen molar-refractivity contribution in [2.24, 2.45) is 0 Å². The molecule has 0 unspecified atom stereocenters. The van der Waals surface area contributed by atoms with Crippen LogP contribution in [0.4, 0.5) is 0 Å². The highest BCUT2D eigenvalue weighted by Gasteiger charge is 2.33. The average Bonchev–Trinajstić information content (AvgIpc) is 2.54. The summed E-state index contributed by atoms with van der Waals surface area (Å²) in [5, 5.41) is 9.21. The van der Waals surface area contributed by atoms with Crippen LogP contribution in [-0.2, 0) is 10.3 Å². The first-order valence-electron chi connectivity index (χ1n) is 5.20. The Kier molecular flexibility index (Phi) is 2.39. The van der Waals surface area contributed by atoms with Gasteiger partial charge in [0, 0.05) is 0 Å². The van der Waals surface area contributed by atoms with E-state index in [4.69, 9.17) is 0 Å². The molecule has 0 aromatic carbocycles. The van der Waals surface area contributed by atoms with Gasteiger partial charge in [-0.3, -0.25) is 19.3 Å². The van der Waals surface area contributed by atoms with Crippen molar-refractivity contribution in [3.05, 3.63) is 26.7 Å². The molecule has 0 atom stereocenters. The van der Waals surface area contributed by atoms with Gasteiger partial charge in [-0.25, -0.2) is 14.6 Å². The third-order valence-electron chi connectivity index (χ3n) is 2.80. The Morgan fingerprint density at radius 2 is 1.94 bits per heavy atom. The number of aliphatic carboxylic acids is 1. The maximum Gasteiger partial charge on any atom is 0.329 e. The molecule has 0 saturated heterocycles. The van der Waals surface area contributed by atoms with Crippen LogP contribution in [0.1, 0.15) is 19.7 Å². The molecule has 0 fully saturated rings. The first-order valence-corrected chi connectivity index (χ1v) is 5.20. The fraction of sp³-hybridized carbons (Fsp3) is 0.400. The van der Waals surface area contributed by atoms with Gasteiger partial charge >= 0.3 is 11.7 Å². The fourth-order valence-electron chi connectivity index (χ4n) is 1.89. The number of H-pyrrole nitrogens is 2. The number of aromatic amines is 2. The zero-order valence-electron chi connectivity index (χ0n) is 10.1. The number of nitrogens with one attached hydrogen (secondary N) is 2. The lowest BCUT2D eigenvalue weighted by atomic mass is 10.1. The van der Waals surface area contributed by atoms with Crippen LogP contribution in [0.15, 0.2) is 9.59 Å². The quantitative estimate of drug-likeness (QED) is 0.667. The molecule has 18 heavy (non-hydrogen) atoms. The summed E-state index contributed by atoms with van der Waals surface area (Å²) in [5.41, 5.74) is -2.54. The first kappa shape index (κ1) is 12.1. The lowest BCUT2D eigenvalue weighted by Gasteiger charge is -2.23. The predicted octanol–water partition coefficient (Wildman–Crippen LogP) is -0.459. The highest BCUT2D eigenvalue weighted by atomic mass is 16.4. The van der Waals surface area contributed by atoms with Gasteiger partial charge in [0.15, 0.2) is 5.52 Å². The van der Waals surface area contributed by atoms with Crippen LogP contribution in [0.3, 0.4) is 0 Å². The predicted molar refractivity (Wildman–Crippen MR) is 62.7 cm³/mol. The Hall–Kier alpha value is -2.38. The van der Waals surface area contributed by atoms with Crippen LogP contribution in [0.25, 0.3) is 11.2 Å². The van der Waals surface area contributed by atoms with E-state index in [1.54, 1.807) is 6.92 Å². The van der Waals surface area contributed by atoms with Crippen LogP contribution in [0, 0.1) is 6.92 Å². The van der Waals surface area contributed by atoms with Crippen molar-refractivity contribution in [3.8, 4) is 0 Å². The molecule has 8 nitrogen and oxygen atoms in total.